The molecule has 0 spiro atoms. The lowest BCUT2D eigenvalue weighted by molar-refractivity contribution is 0.145. The van der Waals surface area contributed by atoms with E-state index in [-0.39, 0.29) is 0 Å². The van der Waals surface area contributed by atoms with Crippen LogP contribution < -0.4 is 10.6 Å². The molecular weight excluding hydrogens is 316 g/mol. The first kappa shape index (κ1) is 18.9. The molecule has 2 aromatic rings. The summed E-state index contributed by atoms with van der Waals surface area (Å²) in [5, 5.41) is 14.9. The summed E-state index contributed by atoms with van der Waals surface area (Å²) in [7, 11) is 0. The van der Waals surface area contributed by atoms with Gasteiger partial charge < -0.3 is 15.4 Å². The van der Waals surface area contributed by atoms with E-state index >= 15 is 0 Å². The maximum absolute atomic E-state index is 5.36. The third kappa shape index (κ3) is 6.54. The van der Waals surface area contributed by atoms with Crippen LogP contribution in [0.25, 0.3) is 5.69 Å². The van der Waals surface area contributed by atoms with Gasteiger partial charge in [-0.15, -0.1) is 10.2 Å². The molecule has 0 aliphatic heterocycles. The van der Waals surface area contributed by atoms with E-state index < -0.39 is 0 Å². The Morgan fingerprint density at radius 1 is 1.28 bits per heavy atom. The third-order valence-corrected chi connectivity index (χ3v) is 3.42. The molecule has 2 rings (SSSR count). The molecule has 0 amide bonds. The Labute approximate surface area is 149 Å². The fourth-order valence-electron chi connectivity index (χ4n) is 2.27. The van der Waals surface area contributed by atoms with E-state index in [1.165, 1.54) is 0 Å². The second-order valence-electron chi connectivity index (χ2n) is 5.89. The number of hydrogen-bond donors (Lipinski definition) is 2. The molecule has 0 saturated heterocycles. The average molecular weight is 344 g/mol. The fraction of sp³-hybridized carbons (Fsp3) is 0.500. The van der Waals surface area contributed by atoms with Gasteiger partial charge in [-0.2, -0.15) is 0 Å². The van der Waals surface area contributed by atoms with Gasteiger partial charge in [0, 0.05) is 31.5 Å². The highest BCUT2D eigenvalue weighted by molar-refractivity contribution is 5.79. The van der Waals surface area contributed by atoms with Crippen LogP contribution in [0.3, 0.4) is 0 Å². The van der Waals surface area contributed by atoms with Gasteiger partial charge in [0.05, 0.1) is 0 Å². The van der Waals surface area contributed by atoms with Gasteiger partial charge in [-0.1, -0.05) is 18.2 Å². The molecule has 1 heterocycles. The van der Waals surface area contributed by atoms with Gasteiger partial charge in [-0.05, 0) is 39.3 Å². The van der Waals surface area contributed by atoms with E-state index in [1.807, 2.05) is 41.8 Å². The number of hydrogen-bond acceptors (Lipinski definition) is 4. The predicted molar refractivity (Wildman–Crippen MR) is 99.9 cm³/mol. The minimum atomic E-state index is 0.296. The van der Waals surface area contributed by atoms with Gasteiger partial charge in [0.2, 0.25) is 0 Å². The molecule has 1 aromatic carbocycles. The summed E-state index contributed by atoms with van der Waals surface area (Å²) < 4.78 is 7.31. The number of aliphatic imine (C=N–C) groups is 1. The molecule has 136 valence electrons. The van der Waals surface area contributed by atoms with Gasteiger partial charge >= 0.3 is 0 Å². The number of ether oxygens (including phenoxy) is 1. The molecule has 0 atom stereocenters. The molecule has 0 aliphatic carbocycles. The number of para-hydroxylation sites is 1. The first-order chi connectivity index (χ1) is 12.2. The van der Waals surface area contributed by atoms with Crippen molar-refractivity contribution in [2.75, 3.05) is 19.8 Å². The maximum Gasteiger partial charge on any atom is 0.191 e. The topological polar surface area (TPSA) is 76.4 Å². The minimum absolute atomic E-state index is 0.296. The Hall–Kier alpha value is -2.41. The van der Waals surface area contributed by atoms with E-state index in [0.29, 0.717) is 12.6 Å². The highest BCUT2D eigenvalue weighted by Crippen LogP contribution is 2.09. The number of guanidine groups is 1. The molecule has 25 heavy (non-hydrogen) atoms. The summed E-state index contributed by atoms with van der Waals surface area (Å²) in [5.41, 5.74) is 1.03. The van der Waals surface area contributed by atoms with Crippen LogP contribution in [-0.2, 0) is 11.3 Å². The predicted octanol–water partition coefficient (Wildman–Crippen LogP) is 2.14. The molecule has 0 radical (unpaired) electrons. The summed E-state index contributed by atoms with van der Waals surface area (Å²) in [6.07, 6.45) is 2.65. The molecular formula is C18H28N6O. The van der Waals surface area contributed by atoms with Crippen molar-refractivity contribution in [1.29, 1.82) is 0 Å². The van der Waals surface area contributed by atoms with Crippen molar-refractivity contribution in [3.63, 3.8) is 0 Å². The summed E-state index contributed by atoms with van der Waals surface area (Å²) >= 11 is 0. The number of aromatic nitrogens is 3. The minimum Gasteiger partial charge on any atom is -0.382 e. The second kappa shape index (κ2) is 10.5. The Kier molecular flexibility index (Phi) is 7.91. The summed E-state index contributed by atoms with van der Waals surface area (Å²) in [5.74, 6) is 1.57. The van der Waals surface area contributed by atoms with Gasteiger partial charge in [0.15, 0.2) is 11.8 Å². The van der Waals surface area contributed by atoms with E-state index in [1.54, 1.807) is 6.33 Å². The molecule has 0 unspecified atom stereocenters. The zero-order valence-corrected chi connectivity index (χ0v) is 15.3. The van der Waals surface area contributed by atoms with Gasteiger partial charge in [-0.3, -0.25) is 4.57 Å². The van der Waals surface area contributed by atoms with Crippen LogP contribution in [0.15, 0.2) is 41.7 Å². The normalized spacial score (nSPS) is 11.8. The number of nitrogens with zero attached hydrogens (tertiary/aromatic N) is 4. The second-order valence-corrected chi connectivity index (χ2v) is 5.89. The highest BCUT2D eigenvalue weighted by atomic mass is 16.5. The molecule has 2 N–H and O–H groups in total. The Balaban J connectivity index is 1.99. The first-order valence-corrected chi connectivity index (χ1v) is 8.77. The quantitative estimate of drug-likeness (QED) is 0.414. The zero-order valence-electron chi connectivity index (χ0n) is 15.3. The van der Waals surface area contributed by atoms with Crippen LogP contribution in [0.1, 0.15) is 33.0 Å². The van der Waals surface area contributed by atoms with Crippen molar-refractivity contribution in [2.45, 2.75) is 39.8 Å². The van der Waals surface area contributed by atoms with Crippen LogP contribution in [0.2, 0.25) is 0 Å². The Morgan fingerprint density at radius 2 is 2.08 bits per heavy atom. The Bertz CT molecular complexity index is 638. The van der Waals surface area contributed by atoms with Crippen molar-refractivity contribution in [3.8, 4) is 5.69 Å². The lowest BCUT2D eigenvalue weighted by Gasteiger charge is -2.15. The molecule has 7 heteroatoms. The molecule has 7 nitrogen and oxygen atoms in total. The van der Waals surface area contributed by atoms with Gasteiger partial charge in [0.1, 0.15) is 12.9 Å². The smallest absolute Gasteiger partial charge is 0.191 e. The van der Waals surface area contributed by atoms with E-state index in [0.717, 1.165) is 43.7 Å². The van der Waals surface area contributed by atoms with Crippen LogP contribution in [-0.4, -0.2) is 46.5 Å². The number of nitrogens with one attached hydrogen (secondary N) is 2. The first-order valence-electron chi connectivity index (χ1n) is 8.77. The molecule has 1 aromatic heterocycles. The van der Waals surface area contributed by atoms with Crippen molar-refractivity contribution in [3.05, 3.63) is 42.5 Å². The lowest BCUT2D eigenvalue weighted by atomic mass is 10.3. The summed E-state index contributed by atoms with van der Waals surface area (Å²) in [6.45, 7) is 8.94. The van der Waals surface area contributed by atoms with Crippen LogP contribution >= 0.6 is 0 Å². The summed E-state index contributed by atoms with van der Waals surface area (Å²) in [6, 6.07) is 10.3. The number of rotatable bonds is 9. The van der Waals surface area contributed by atoms with Crippen molar-refractivity contribution in [2.24, 2.45) is 4.99 Å². The van der Waals surface area contributed by atoms with Gasteiger partial charge in [0.25, 0.3) is 0 Å². The molecule has 0 fully saturated rings. The van der Waals surface area contributed by atoms with Crippen LogP contribution in [0, 0.1) is 0 Å². The van der Waals surface area contributed by atoms with Crippen LogP contribution in [0.4, 0.5) is 0 Å². The van der Waals surface area contributed by atoms with Crippen LogP contribution in [0.5, 0.6) is 0 Å². The van der Waals surface area contributed by atoms with Crippen molar-refractivity contribution in [1.82, 2.24) is 25.4 Å². The van der Waals surface area contributed by atoms with Crippen molar-refractivity contribution < 1.29 is 4.74 Å². The standard InChI is InChI=1S/C18H28N6O/c1-4-25-12-8-11-19-18(22-15(2)3)20-13-17-23-21-14-24(17)16-9-6-5-7-10-16/h5-7,9-10,14-15H,4,8,11-13H2,1-3H3,(H2,19,20,22). The lowest BCUT2D eigenvalue weighted by Crippen LogP contribution is -2.41. The SMILES string of the molecule is CCOCCCNC(=NCc1nncn1-c1ccccc1)NC(C)C. The summed E-state index contributed by atoms with van der Waals surface area (Å²) in [4.78, 5) is 4.64. The van der Waals surface area contributed by atoms with E-state index in [2.05, 4.69) is 39.7 Å². The highest BCUT2D eigenvalue weighted by Gasteiger charge is 2.07. The van der Waals surface area contributed by atoms with Crippen molar-refractivity contribution >= 4 is 5.96 Å². The number of benzene rings is 1. The monoisotopic (exact) mass is 344 g/mol. The average Bonchev–Trinajstić information content (AvgIpc) is 3.08. The van der Waals surface area contributed by atoms with E-state index in [4.69, 9.17) is 4.74 Å². The maximum atomic E-state index is 5.36. The third-order valence-electron chi connectivity index (χ3n) is 3.42. The molecule has 0 saturated carbocycles. The zero-order chi connectivity index (χ0) is 17.9. The Morgan fingerprint density at radius 3 is 2.80 bits per heavy atom. The molecule has 0 bridgehead atoms. The largest absolute Gasteiger partial charge is 0.382 e. The fourth-order valence-corrected chi connectivity index (χ4v) is 2.27. The van der Waals surface area contributed by atoms with Gasteiger partial charge in [-0.25, -0.2) is 4.99 Å². The molecule has 0 aliphatic rings. The van der Waals surface area contributed by atoms with E-state index in [9.17, 15) is 0 Å².